The van der Waals surface area contributed by atoms with Crippen molar-refractivity contribution in [2.45, 2.75) is 11.8 Å². The van der Waals surface area contributed by atoms with Gasteiger partial charge in [0.1, 0.15) is 0 Å². The van der Waals surface area contributed by atoms with Crippen LogP contribution in [0.5, 0.6) is 0 Å². The first-order chi connectivity index (χ1) is 11.4. The molecule has 0 aromatic heterocycles. The van der Waals surface area contributed by atoms with Gasteiger partial charge in [0.2, 0.25) is 0 Å². The van der Waals surface area contributed by atoms with Crippen LogP contribution in [0, 0.1) is 0 Å². The molecule has 1 aromatic rings. The number of nitrogens with two attached hydrogens (primary N) is 1. The number of anilines is 1. The fourth-order valence-electron chi connectivity index (χ4n) is 3.15. The maximum atomic E-state index is 12.8. The average molecular weight is 338 g/mol. The molecule has 1 aromatic carbocycles. The molecule has 0 amide bonds. The normalized spacial score (nSPS) is 22.1. The fraction of sp³-hybridized carbons (Fsp3) is 0.412. The SMILES string of the molecule is NCC1(N2CCN(C(F)(F)F)CC2)C=CN(c2ccccc2)C=C1. The van der Waals surface area contributed by atoms with Crippen LogP contribution in [0.1, 0.15) is 0 Å². The Morgan fingerprint density at radius 3 is 2.04 bits per heavy atom. The van der Waals surface area contributed by atoms with Crippen molar-refractivity contribution >= 4 is 5.69 Å². The molecule has 1 fully saturated rings. The molecule has 130 valence electrons. The Morgan fingerprint density at radius 2 is 1.54 bits per heavy atom. The summed E-state index contributed by atoms with van der Waals surface area (Å²) in [6.07, 6.45) is 3.55. The second kappa shape index (κ2) is 6.58. The van der Waals surface area contributed by atoms with Gasteiger partial charge in [-0.1, -0.05) is 18.2 Å². The molecule has 0 spiro atoms. The number of nitrogens with zero attached hydrogens (tertiary/aromatic N) is 3. The van der Waals surface area contributed by atoms with E-state index in [1.807, 2.05) is 64.7 Å². The Kier molecular flexibility index (Phi) is 4.67. The molecule has 0 atom stereocenters. The first kappa shape index (κ1) is 17.0. The van der Waals surface area contributed by atoms with Gasteiger partial charge in [-0.25, -0.2) is 4.90 Å². The van der Waals surface area contributed by atoms with Gasteiger partial charge in [0.25, 0.3) is 0 Å². The predicted octanol–water partition coefficient (Wildman–Crippen LogP) is 2.37. The molecule has 2 aliphatic heterocycles. The Balaban J connectivity index is 1.70. The number of benzene rings is 1. The molecule has 1 saturated heterocycles. The summed E-state index contributed by atoms with van der Waals surface area (Å²) in [5.74, 6) is 0. The quantitative estimate of drug-likeness (QED) is 0.859. The minimum Gasteiger partial charge on any atom is -0.328 e. The lowest BCUT2D eigenvalue weighted by atomic mass is 9.94. The predicted molar refractivity (Wildman–Crippen MR) is 88.2 cm³/mol. The van der Waals surface area contributed by atoms with E-state index in [4.69, 9.17) is 5.73 Å². The van der Waals surface area contributed by atoms with Crippen LogP contribution < -0.4 is 10.6 Å². The van der Waals surface area contributed by atoms with Crippen LogP contribution in [0.2, 0.25) is 0 Å². The van der Waals surface area contributed by atoms with Crippen LogP contribution in [0.25, 0.3) is 0 Å². The van der Waals surface area contributed by atoms with Crippen molar-refractivity contribution in [3.63, 3.8) is 0 Å². The molecule has 0 unspecified atom stereocenters. The van der Waals surface area contributed by atoms with E-state index in [0.717, 1.165) is 5.69 Å². The third-order valence-corrected chi connectivity index (χ3v) is 4.66. The Bertz CT molecular complexity index is 590. The summed E-state index contributed by atoms with van der Waals surface area (Å²) in [4.78, 5) is 4.55. The van der Waals surface area contributed by atoms with E-state index in [9.17, 15) is 13.2 Å². The molecule has 0 aliphatic carbocycles. The number of piperazine rings is 1. The molecule has 24 heavy (non-hydrogen) atoms. The minimum atomic E-state index is -4.26. The number of hydrogen-bond acceptors (Lipinski definition) is 4. The van der Waals surface area contributed by atoms with Crippen LogP contribution >= 0.6 is 0 Å². The third-order valence-electron chi connectivity index (χ3n) is 4.66. The molecule has 0 radical (unpaired) electrons. The zero-order valence-electron chi connectivity index (χ0n) is 13.3. The highest BCUT2D eigenvalue weighted by Gasteiger charge is 2.42. The molecule has 7 heteroatoms. The first-order valence-corrected chi connectivity index (χ1v) is 7.94. The van der Waals surface area contributed by atoms with Crippen molar-refractivity contribution < 1.29 is 13.2 Å². The molecule has 0 saturated carbocycles. The summed E-state index contributed by atoms with van der Waals surface area (Å²) in [5, 5.41) is 0. The lowest BCUT2D eigenvalue weighted by Gasteiger charge is -2.46. The third kappa shape index (κ3) is 3.33. The van der Waals surface area contributed by atoms with Crippen molar-refractivity contribution in [2.75, 3.05) is 37.6 Å². The lowest BCUT2D eigenvalue weighted by molar-refractivity contribution is -0.253. The number of halogens is 3. The number of rotatable bonds is 3. The van der Waals surface area contributed by atoms with Gasteiger partial charge in [-0.05, 0) is 24.3 Å². The Hall–Kier alpha value is -1.83. The number of alkyl halides is 3. The van der Waals surface area contributed by atoms with Gasteiger partial charge in [-0.15, -0.1) is 0 Å². The summed E-state index contributed by atoms with van der Waals surface area (Å²) in [6.45, 7) is 0.923. The lowest BCUT2D eigenvalue weighted by Crippen LogP contribution is -2.61. The maximum Gasteiger partial charge on any atom is 0.460 e. The standard InChI is InChI=1S/C17H21F3N4/c18-17(19,20)24-12-10-23(11-13-24)16(14-21)6-8-22(9-7-16)15-4-2-1-3-5-15/h1-9H,10-14,21H2. The van der Waals surface area contributed by atoms with Gasteiger partial charge in [0, 0.05) is 50.8 Å². The molecular formula is C17H21F3N4. The summed E-state index contributed by atoms with van der Waals surface area (Å²) < 4.78 is 38.3. The van der Waals surface area contributed by atoms with Crippen molar-refractivity contribution in [3.8, 4) is 0 Å². The van der Waals surface area contributed by atoms with E-state index < -0.39 is 11.8 Å². The maximum absolute atomic E-state index is 12.8. The smallest absolute Gasteiger partial charge is 0.328 e. The summed E-state index contributed by atoms with van der Waals surface area (Å²) in [6, 6.07) is 9.85. The van der Waals surface area contributed by atoms with Crippen LogP contribution in [-0.4, -0.2) is 54.4 Å². The van der Waals surface area contributed by atoms with Gasteiger partial charge < -0.3 is 10.6 Å². The first-order valence-electron chi connectivity index (χ1n) is 7.94. The fourth-order valence-corrected chi connectivity index (χ4v) is 3.15. The van der Waals surface area contributed by atoms with Crippen LogP contribution in [0.15, 0.2) is 54.9 Å². The molecule has 4 nitrogen and oxygen atoms in total. The van der Waals surface area contributed by atoms with Gasteiger partial charge in [-0.2, -0.15) is 13.2 Å². The van der Waals surface area contributed by atoms with Crippen molar-refractivity contribution in [2.24, 2.45) is 5.73 Å². The largest absolute Gasteiger partial charge is 0.460 e. The van der Waals surface area contributed by atoms with Gasteiger partial charge in [0.15, 0.2) is 0 Å². The molecule has 3 rings (SSSR count). The Labute approximate surface area is 139 Å². The molecule has 2 heterocycles. The number of hydrogen-bond donors (Lipinski definition) is 1. The summed E-state index contributed by atoms with van der Waals surface area (Å²) >= 11 is 0. The van der Waals surface area contributed by atoms with Crippen molar-refractivity contribution in [1.29, 1.82) is 0 Å². The summed E-state index contributed by atoms with van der Waals surface area (Å²) in [7, 11) is 0. The van der Waals surface area contributed by atoms with E-state index in [1.165, 1.54) is 0 Å². The second-order valence-electron chi connectivity index (χ2n) is 6.01. The van der Waals surface area contributed by atoms with Gasteiger partial charge in [0.05, 0.1) is 5.54 Å². The van der Waals surface area contributed by atoms with Gasteiger partial charge in [-0.3, -0.25) is 4.90 Å². The second-order valence-corrected chi connectivity index (χ2v) is 6.01. The highest BCUT2D eigenvalue weighted by molar-refractivity contribution is 5.54. The highest BCUT2D eigenvalue weighted by atomic mass is 19.4. The topological polar surface area (TPSA) is 35.7 Å². The number of para-hydroxylation sites is 1. The van der Waals surface area contributed by atoms with Crippen molar-refractivity contribution in [3.05, 3.63) is 54.9 Å². The average Bonchev–Trinajstić information content (AvgIpc) is 2.62. The molecular weight excluding hydrogens is 317 g/mol. The van der Waals surface area contributed by atoms with E-state index in [1.54, 1.807) is 0 Å². The van der Waals surface area contributed by atoms with E-state index in [-0.39, 0.29) is 13.1 Å². The monoisotopic (exact) mass is 338 g/mol. The molecule has 2 aliphatic rings. The van der Waals surface area contributed by atoms with Crippen molar-refractivity contribution in [1.82, 2.24) is 9.80 Å². The van der Waals surface area contributed by atoms with Crippen LogP contribution in [0.3, 0.4) is 0 Å². The van der Waals surface area contributed by atoms with Gasteiger partial charge >= 0.3 is 6.30 Å². The molecule has 2 N–H and O–H groups in total. The highest BCUT2D eigenvalue weighted by Crippen LogP contribution is 2.29. The van der Waals surface area contributed by atoms with Crippen LogP contribution in [-0.2, 0) is 0 Å². The minimum absolute atomic E-state index is 0.0324. The molecule has 0 bridgehead atoms. The zero-order valence-corrected chi connectivity index (χ0v) is 13.3. The van der Waals surface area contributed by atoms with Crippen LogP contribution in [0.4, 0.5) is 18.9 Å². The van der Waals surface area contributed by atoms with E-state index in [0.29, 0.717) is 24.5 Å². The Morgan fingerprint density at radius 1 is 0.958 bits per heavy atom. The van der Waals surface area contributed by atoms with E-state index in [2.05, 4.69) is 0 Å². The van der Waals surface area contributed by atoms with E-state index >= 15 is 0 Å². The summed E-state index contributed by atoms with van der Waals surface area (Å²) in [5.41, 5.74) is 6.48. The zero-order chi connectivity index (χ0) is 17.2.